The van der Waals surface area contributed by atoms with Crippen LogP contribution in [0.4, 0.5) is 0 Å². The first-order chi connectivity index (χ1) is 11.8. The van der Waals surface area contributed by atoms with E-state index >= 15 is 0 Å². The van der Waals surface area contributed by atoms with Crippen LogP contribution >= 0.6 is 0 Å². The van der Waals surface area contributed by atoms with Crippen LogP contribution in [0, 0.1) is 0 Å². The van der Waals surface area contributed by atoms with Crippen LogP contribution in [0.2, 0.25) is 0 Å². The monoisotopic (exact) mass is 366 g/mol. The summed E-state index contributed by atoms with van der Waals surface area (Å²) in [5.41, 5.74) is 2.13. The maximum Gasteiger partial charge on any atom is 0.312 e. The van der Waals surface area contributed by atoms with Gasteiger partial charge in [-0.15, -0.1) is 0 Å². The van der Waals surface area contributed by atoms with Gasteiger partial charge in [0.2, 0.25) is 0 Å². The average molecular weight is 366 g/mol. The van der Waals surface area contributed by atoms with Gasteiger partial charge in [0.15, 0.2) is 9.84 Å². The highest BCUT2D eigenvalue weighted by Crippen LogP contribution is 2.18. The van der Waals surface area contributed by atoms with Crippen molar-refractivity contribution >= 4 is 21.7 Å². The smallest absolute Gasteiger partial charge is 0.312 e. The first kappa shape index (κ1) is 19.4. The molecule has 0 bridgehead atoms. The lowest BCUT2D eigenvalue weighted by Crippen LogP contribution is -2.48. The van der Waals surface area contributed by atoms with E-state index in [2.05, 4.69) is 12.2 Å². The second-order valence-corrected chi connectivity index (χ2v) is 8.67. The number of hydrogen-bond donors (Lipinski definition) is 1. The lowest BCUT2D eigenvalue weighted by Gasteiger charge is -2.26. The maximum absolute atomic E-state index is 12.5. The highest BCUT2D eigenvalue weighted by atomic mass is 32.2. The zero-order valence-corrected chi connectivity index (χ0v) is 15.8. The number of aryl methyl sites for hydroxylation is 1. The molecule has 138 valence electrons. The van der Waals surface area contributed by atoms with Crippen molar-refractivity contribution < 1.29 is 18.0 Å². The van der Waals surface area contributed by atoms with E-state index in [9.17, 15) is 18.0 Å². The van der Waals surface area contributed by atoms with Crippen LogP contribution in [0.25, 0.3) is 0 Å². The number of hydrogen-bond acceptors (Lipinski definition) is 4. The predicted molar refractivity (Wildman–Crippen MR) is 96.8 cm³/mol. The van der Waals surface area contributed by atoms with Gasteiger partial charge in [0.05, 0.1) is 17.5 Å². The fourth-order valence-corrected chi connectivity index (χ4v) is 4.83. The summed E-state index contributed by atoms with van der Waals surface area (Å²) < 4.78 is 23.3. The van der Waals surface area contributed by atoms with Gasteiger partial charge >= 0.3 is 11.8 Å². The predicted octanol–water partition coefficient (Wildman–Crippen LogP) is 1.46. The van der Waals surface area contributed by atoms with E-state index in [1.54, 1.807) is 6.92 Å². The van der Waals surface area contributed by atoms with E-state index in [0.717, 1.165) is 12.0 Å². The van der Waals surface area contributed by atoms with Crippen LogP contribution in [0.15, 0.2) is 24.3 Å². The number of sulfone groups is 1. The van der Waals surface area contributed by atoms with E-state index in [0.29, 0.717) is 13.0 Å². The van der Waals surface area contributed by atoms with Crippen molar-refractivity contribution in [3.05, 3.63) is 35.4 Å². The summed E-state index contributed by atoms with van der Waals surface area (Å²) in [4.78, 5) is 26.1. The van der Waals surface area contributed by atoms with Crippen molar-refractivity contribution in [1.29, 1.82) is 0 Å². The van der Waals surface area contributed by atoms with Crippen LogP contribution in [-0.4, -0.2) is 49.2 Å². The molecule has 7 heteroatoms. The Morgan fingerprint density at radius 1 is 1.24 bits per heavy atom. The van der Waals surface area contributed by atoms with E-state index in [1.165, 1.54) is 10.5 Å². The van der Waals surface area contributed by atoms with Crippen LogP contribution in [-0.2, 0) is 25.8 Å². The fraction of sp³-hybridized carbons (Fsp3) is 0.556. The molecule has 1 N–H and O–H groups in total. The molecule has 2 atom stereocenters. The molecule has 1 saturated heterocycles. The molecule has 6 nitrogen and oxygen atoms in total. The summed E-state index contributed by atoms with van der Waals surface area (Å²) >= 11 is 0. The molecule has 0 aliphatic carbocycles. The molecule has 25 heavy (non-hydrogen) atoms. The van der Waals surface area contributed by atoms with Crippen molar-refractivity contribution in [2.75, 3.05) is 18.1 Å². The molecule has 1 aliphatic heterocycles. The summed E-state index contributed by atoms with van der Waals surface area (Å²) in [6, 6.07) is 7.18. The summed E-state index contributed by atoms with van der Waals surface area (Å²) in [6.07, 6.45) is 1.33. The quantitative estimate of drug-likeness (QED) is 0.800. The Morgan fingerprint density at radius 2 is 1.88 bits per heavy atom. The van der Waals surface area contributed by atoms with Crippen LogP contribution < -0.4 is 5.32 Å². The third-order valence-corrected chi connectivity index (χ3v) is 6.43. The largest absolute Gasteiger partial charge is 0.341 e. The Hall–Kier alpha value is -1.89. The molecule has 1 aromatic rings. The highest BCUT2D eigenvalue weighted by molar-refractivity contribution is 7.91. The summed E-state index contributed by atoms with van der Waals surface area (Å²) in [6.45, 7) is 5.96. The van der Waals surface area contributed by atoms with Gasteiger partial charge in [-0.1, -0.05) is 31.2 Å². The lowest BCUT2D eigenvalue weighted by atomic mass is 10.0. The maximum atomic E-state index is 12.5. The molecule has 1 fully saturated rings. The second kappa shape index (κ2) is 7.99. The molecule has 1 aliphatic rings. The molecule has 1 heterocycles. The molecule has 1 aromatic carbocycles. The minimum atomic E-state index is -3.11. The highest BCUT2D eigenvalue weighted by Gasteiger charge is 2.36. The summed E-state index contributed by atoms with van der Waals surface area (Å²) in [7, 11) is -3.11. The van der Waals surface area contributed by atoms with E-state index in [-0.39, 0.29) is 17.5 Å². The van der Waals surface area contributed by atoms with Crippen molar-refractivity contribution in [3.8, 4) is 0 Å². The van der Waals surface area contributed by atoms with Crippen molar-refractivity contribution in [2.45, 2.75) is 45.7 Å². The van der Waals surface area contributed by atoms with Gasteiger partial charge in [-0.25, -0.2) is 8.42 Å². The van der Waals surface area contributed by atoms with E-state index < -0.39 is 27.7 Å². The molecular weight excluding hydrogens is 340 g/mol. The molecular formula is C18H26N2O4S. The standard InChI is InChI=1S/C18H26N2O4S/c1-4-14-6-8-15(9-7-14)13(3)19-17(21)18(22)20(5-2)16-10-11-25(23,24)12-16/h6-9,13,16H,4-5,10-12H2,1-3H3,(H,19,21). The minimum absolute atomic E-state index is 0.0616. The van der Waals surface area contributed by atoms with Crippen molar-refractivity contribution in [3.63, 3.8) is 0 Å². The number of benzene rings is 1. The number of nitrogens with one attached hydrogen (secondary N) is 1. The molecule has 0 spiro atoms. The van der Waals surface area contributed by atoms with Gasteiger partial charge in [0.1, 0.15) is 0 Å². The first-order valence-corrected chi connectivity index (χ1v) is 10.5. The lowest BCUT2D eigenvalue weighted by molar-refractivity contribution is -0.147. The third kappa shape index (κ3) is 4.81. The van der Waals surface area contributed by atoms with Gasteiger partial charge < -0.3 is 10.2 Å². The second-order valence-electron chi connectivity index (χ2n) is 6.44. The third-order valence-electron chi connectivity index (χ3n) is 4.68. The molecule has 2 unspecified atom stereocenters. The summed E-state index contributed by atoms with van der Waals surface area (Å²) in [5, 5.41) is 2.71. The first-order valence-electron chi connectivity index (χ1n) is 8.68. The van der Waals surface area contributed by atoms with Crippen LogP contribution in [0.1, 0.15) is 44.4 Å². The summed E-state index contributed by atoms with van der Waals surface area (Å²) in [5.74, 6) is -1.35. The Kier molecular flexibility index (Phi) is 6.21. The number of carbonyl (C=O) groups is 2. The SMILES string of the molecule is CCc1ccc(C(C)NC(=O)C(=O)N(CC)C2CCS(=O)(=O)C2)cc1. The Morgan fingerprint density at radius 3 is 2.36 bits per heavy atom. The number of likely N-dealkylation sites (N-methyl/N-ethyl adjacent to an activating group) is 1. The van der Waals surface area contributed by atoms with Crippen LogP contribution in [0.3, 0.4) is 0 Å². The van der Waals surface area contributed by atoms with Gasteiger partial charge in [0, 0.05) is 12.6 Å². The Balaban J connectivity index is 2.01. The normalized spacial score (nSPS) is 20.0. The zero-order valence-electron chi connectivity index (χ0n) is 15.0. The average Bonchev–Trinajstić information content (AvgIpc) is 2.95. The van der Waals surface area contributed by atoms with E-state index in [1.807, 2.05) is 31.2 Å². The Labute approximate surface area is 149 Å². The van der Waals surface area contributed by atoms with Gasteiger partial charge in [0.25, 0.3) is 0 Å². The van der Waals surface area contributed by atoms with Gasteiger partial charge in [-0.05, 0) is 37.8 Å². The Bertz CT molecular complexity index is 728. The van der Waals surface area contributed by atoms with Crippen molar-refractivity contribution in [1.82, 2.24) is 10.2 Å². The minimum Gasteiger partial charge on any atom is -0.341 e. The molecule has 0 aromatic heterocycles. The topological polar surface area (TPSA) is 83.6 Å². The molecule has 0 saturated carbocycles. The number of rotatable bonds is 5. The van der Waals surface area contributed by atoms with Gasteiger partial charge in [-0.3, -0.25) is 9.59 Å². The zero-order chi connectivity index (χ0) is 18.6. The molecule has 2 rings (SSSR count). The fourth-order valence-electron chi connectivity index (χ4n) is 3.10. The molecule has 2 amide bonds. The van der Waals surface area contributed by atoms with E-state index in [4.69, 9.17) is 0 Å². The van der Waals surface area contributed by atoms with Gasteiger partial charge in [-0.2, -0.15) is 0 Å². The number of nitrogens with zero attached hydrogens (tertiary/aromatic N) is 1. The number of carbonyl (C=O) groups excluding carboxylic acids is 2. The van der Waals surface area contributed by atoms with Crippen LogP contribution in [0.5, 0.6) is 0 Å². The van der Waals surface area contributed by atoms with Crippen molar-refractivity contribution in [2.24, 2.45) is 0 Å². The number of amides is 2. The molecule has 0 radical (unpaired) electrons.